The van der Waals surface area contributed by atoms with E-state index in [1.807, 2.05) is 62.4 Å². The fraction of sp³-hybridized carbons (Fsp3) is 0.172. The summed E-state index contributed by atoms with van der Waals surface area (Å²) in [6, 6.07) is 11.7. The number of hydrogen-bond donors (Lipinski definition) is 0. The Morgan fingerprint density at radius 3 is 2.38 bits per heavy atom. The van der Waals surface area contributed by atoms with Crippen molar-refractivity contribution in [2.45, 2.75) is 33.9 Å². The third-order valence-electron chi connectivity index (χ3n) is 5.52. The van der Waals surface area contributed by atoms with E-state index in [0.717, 1.165) is 46.4 Å². The number of rotatable bonds is 6. The summed E-state index contributed by atoms with van der Waals surface area (Å²) in [7, 11) is 0. The summed E-state index contributed by atoms with van der Waals surface area (Å²) in [4.78, 5) is 8.70. The van der Waals surface area contributed by atoms with E-state index in [1.54, 1.807) is 31.6 Å². The van der Waals surface area contributed by atoms with Gasteiger partial charge in [0.05, 0.1) is 0 Å². The van der Waals surface area contributed by atoms with Crippen LogP contribution in [0.5, 0.6) is 0 Å². The van der Waals surface area contributed by atoms with Gasteiger partial charge in [0.25, 0.3) is 0 Å². The third kappa shape index (κ3) is 5.98. The first kappa shape index (κ1) is 24.9. The van der Waals surface area contributed by atoms with E-state index < -0.39 is 11.7 Å². The zero-order chi connectivity index (χ0) is 24.9. The molecule has 1 aromatic carbocycles. The van der Waals surface area contributed by atoms with Gasteiger partial charge in [-0.25, -0.2) is 0 Å². The normalized spacial score (nSPS) is 12.9. The van der Waals surface area contributed by atoms with E-state index in [1.165, 1.54) is 0 Å². The highest BCUT2D eigenvalue weighted by Gasteiger charge is 2.30. The number of nitrogens with zero attached hydrogens (tertiary/aromatic N) is 2. The molecule has 3 rings (SSSR count). The Morgan fingerprint density at radius 1 is 1.00 bits per heavy atom. The molecule has 0 aliphatic rings. The molecule has 0 aliphatic heterocycles. The zero-order valence-corrected chi connectivity index (χ0v) is 19.7. The van der Waals surface area contributed by atoms with E-state index in [2.05, 4.69) is 16.5 Å². The van der Waals surface area contributed by atoms with Crippen molar-refractivity contribution in [3.05, 3.63) is 113 Å². The molecule has 174 valence electrons. The number of aromatic nitrogens is 2. The van der Waals surface area contributed by atoms with Crippen LogP contribution in [0.15, 0.2) is 85.4 Å². The molecule has 0 unspecified atom stereocenters. The average Bonchev–Trinajstić information content (AvgIpc) is 2.80. The van der Waals surface area contributed by atoms with E-state index in [4.69, 9.17) is 0 Å². The van der Waals surface area contributed by atoms with Gasteiger partial charge in [-0.3, -0.25) is 9.97 Å². The maximum atomic E-state index is 13.0. The largest absolute Gasteiger partial charge is 0.412 e. The van der Waals surface area contributed by atoms with E-state index in [9.17, 15) is 13.2 Å². The summed E-state index contributed by atoms with van der Waals surface area (Å²) >= 11 is 0. The Kier molecular flexibility index (Phi) is 7.67. The molecule has 0 fully saturated rings. The van der Waals surface area contributed by atoms with Crippen LogP contribution < -0.4 is 0 Å². The van der Waals surface area contributed by atoms with Gasteiger partial charge < -0.3 is 0 Å². The van der Waals surface area contributed by atoms with Gasteiger partial charge in [0.1, 0.15) is 0 Å². The molecule has 0 aliphatic carbocycles. The SMILES string of the molecule is C=C(/C=C(\C=C/C)c1cncc(-c2cnc(C)c(/C=C(\C)C(F)(F)F)c2)c1)c1ccccc1C. The van der Waals surface area contributed by atoms with Gasteiger partial charge in [0.2, 0.25) is 0 Å². The molecule has 2 heterocycles. The lowest BCUT2D eigenvalue weighted by Crippen LogP contribution is -2.08. The molecule has 0 amide bonds. The third-order valence-corrected chi connectivity index (χ3v) is 5.52. The summed E-state index contributed by atoms with van der Waals surface area (Å²) in [5.41, 5.74) is 6.62. The van der Waals surface area contributed by atoms with Crippen LogP contribution in [0, 0.1) is 13.8 Å². The van der Waals surface area contributed by atoms with Crippen LogP contribution in [0.2, 0.25) is 0 Å². The monoisotopic (exact) mass is 460 g/mol. The number of alkyl halides is 3. The van der Waals surface area contributed by atoms with Gasteiger partial charge in [0.15, 0.2) is 0 Å². The fourth-order valence-electron chi connectivity index (χ4n) is 3.53. The van der Waals surface area contributed by atoms with Gasteiger partial charge in [-0.15, -0.1) is 0 Å². The van der Waals surface area contributed by atoms with Crippen LogP contribution in [0.25, 0.3) is 28.3 Å². The van der Waals surface area contributed by atoms with Crippen molar-refractivity contribution in [2.75, 3.05) is 0 Å². The van der Waals surface area contributed by atoms with Crippen LogP contribution in [0.4, 0.5) is 13.2 Å². The number of halogens is 3. The van der Waals surface area contributed by atoms with E-state index >= 15 is 0 Å². The van der Waals surface area contributed by atoms with Crippen molar-refractivity contribution in [3.63, 3.8) is 0 Å². The average molecular weight is 461 g/mol. The molecule has 2 nitrogen and oxygen atoms in total. The molecule has 0 radical (unpaired) electrons. The molecule has 0 N–H and O–H groups in total. The van der Waals surface area contributed by atoms with Crippen LogP contribution in [-0.4, -0.2) is 16.1 Å². The number of allylic oxidation sites excluding steroid dienone is 6. The van der Waals surface area contributed by atoms with Crippen molar-refractivity contribution >= 4 is 17.2 Å². The number of benzene rings is 1. The van der Waals surface area contributed by atoms with Gasteiger partial charge >= 0.3 is 6.18 Å². The minimum atomic E-state index is -4.38. The maximum Gasteiger partial charge on any atom is 0.412 e. The second-order valence-electron chi connectivity index (χ2n) is 8.13. The van der Waals surface area contributed by atoms with Crippen molar-refractivity contribution in [3.8, 4) is 11.1 Å². The molecule has 5 heteroatoms. The Balaban J connectivity index is 2.03. The number of hydrogen-bond acceptors (Lipinski definition) is 2. The van der Waals surface area contributed by atoms with E-state index in [0.29, 0.717) is 16.8 Å². The van der Waals surface area contributed by atoms with Gasteiger partial charge in [0, 0.05) is 46.5 Å². The van der Waals surface area contributed by atoms with Gasteiger partial charge in [-0.1, -0.05) is 43.0 Å². The smallest absolute Gasteiger partial charge is 0.263 e. The van der Waals surface area contributed by atoms with Crippen molar-refractivity contribution in [1.29, 1.82) is 0 Å². The summed E-state index contributed by atoms with van der Waals surface area (Å²) in [6.07, 6.45) is 7.79. The van der Waals surface area contributed by atoms with Crippen LogP contribution >= 0.6 is 0 Å². The molecule has 0 saturated heterocycles. The zero-order valence-electron chi connectivity index (χ0n) is 19.7. The lowest BCUT2D eigenvalue weighted by atomic mass is 9.96. The second-order valence-corrected chi connectivity index (χ2v) is 8.13. The Bertz CT molecular complexity index is 1290. The molecular weight excluding hydrogens is 433 g/mol. The molecule has 0 atom stereocenters. The number of pyridine rings is 2. The Labute approximate surface area is 198 Å². The van der Waals surface area contributed by atoms with Crippen molar-refractivity contribution < 1.29 is 13.2 Å². The fourth-order valence-corrected chi connectivity index (χ4v) is 3.53. The van der Waals surface area contributed by atoms with Crippen molar-refractivity contribution in [1.82, 2.24) is 9.97 Å². The highest BCUT2D eigenvalue weighted by atomic mass is 19.4. The topological polar surface area (TPSA) is 25.8 Å². The Morgan fingerprint density at radius 2 is 1.71 bits per heavy atom. The predicted octanol–water partition coefficient (Wildman–Crippen LogP) is 8.40. The minimum Gasteiger partial charge on any atom is -0.263 e. The molecule has 0 bridgehead atoms. The number of aryl methyl sites for hydroxylation is 2. The molecule has 34 heavy (non-hydrogen) atoms. The second kappa shape index (κ2) is 10.5. The highest BCUT2D eigenvalue weighted by Crippen LogP contribution is 2.30. The molecule has 3 aromatic rings. The van der Waals surface area contributed by atoms with Crippen LogP contribution in [-0.2, 0) is 0 Å². The van der Waals surface area contributed by atoms with Crippen molar-refractivity contribution in [2.24, 2.45) is 0 Å². The molecule has 0 spiro atoms. The molecular formula is C29H27F3N2. The standard InChI is InChI=1S/C29H27F3N2/c1-6-9-23(12-20(3)28-11-8-7-10-19(28)2)25-15-26(17-33-16-25)27-14-24(22(5)34-18-27)13-21(4)29(30,31)32/h6-18H,3H2,1-2,4-5H3/b9-6-,21-13+,23-12+. The summed E-state index contributed by atoms with van der Waals surface area (Å²) < 4.78 is 39.1. The van der Waals surface area contributed by atoms with Gasteiger partial charge in [-0.05, 0) is 79.8 Å². The quantitative estimate of drug-likeness (QED) is 0.345. The highest BCUT2D eigenvalue weighted by molar-refractivity contribution is 5.88. The molecule has 2 aromatic heterocycles. The summed E-state index contributed by atoms with van der Waals surface area (Å²) in [5, 5.41) is 0. The first-order chi connectivity index (χ1) is 16.1. The predicted molar refractivity (Wildman–Crippen MR) is 135 cm³/mol. The lowest BCUT2D eigenvalue weighted by molar-refractivity contribution is -0.0903. The first-order valence-corrected chi connectivity index (χ1v) is 10.9. The van der Waals surface area contributed by atoms with E-state index in [-0.39, 0.29) is 0 Å². The first-order valence-electron chi connectivity index (χ1n) is 10.9. The maximum absolute atomic E-state index is 13.0. The lowest BCUT2D eigenvalue weighted by Gasteiger charge is -2.11. The summed E-state index contributed by atoms with van der Waals surface area (Å²) in [5.74, 6) is 0. The Hall–Kier alpha value is -3.73. The molecule has 0 saturated carbocycles. The van der Waals surface area contributed by atoms with Crippen LogP contribution in [0.3, 0.4) is 0 Å². The summed E-state index contributed by atoms with van der Waals surface area (Å²) in [6.45, 7) is 11.0. The van der Waals surface area contributed by atoms with Crippen LogP contribution in [0.1, 0.15) is 41.8 Å². The van der Waals surface area contributed by atoms with Gasteiger partial charge in [-0.2, -0.15) is 13.2 Å². The minimum absolute atomic E-state index is 0.426.